The van der Waals surface area contributed by atoms with Gasteiger partial charge in [0.05, 0.1) is 0 Å². The SMILES string of the molecule is CC.CC.CC.CC.CC.CC.CC.CC.CC.CC.CC.CC.CC.CC.CC.CC.CC.CC.CC.CC=C1c2ccccc2-c2ccccc21.CC=C1c2ccccc2-c2ccccc21.c1ccccc1.c1ccccc1.c1ccccc1.c1ccccc1. The van der Waals surface area contributed by atoms with E-state index in [4.69, 9.17) is 0 Å². The van der Waals surface area contributed by atoms with E-state index in [1.165, 1.54) is 55.7 Å². The fraction of sp³-hybridized carbons (Fsp3) is 0.435. The zero-order chi connectivity index (χ0) is 75.5. The van der Waals surface area contributed by atoms with E-state index < -0.39 is 0 Å². The molecule has 0 heteroatoms. The molecule has 8 aromatic carbocycles. The molecular formula is C92H162. The quantitative estimate of drug-likeness (QED) is 0.142. The second-order valence-electron chi connectivity index (χ2n) is 12.2. The number of rotatable bonds is 0. The zero-order valence-corrected chi connectivity index (χ0v) is 69.2. The third-order valence-electron chi connectivity index (χ3n) is 8.69. The van der Waals surface area contributed by atoms with Gasteiger partial charge in [0.2, 0.25) is 0 Å². The van der Waals surface area contributed by atoms with Gasteiger partial charge in [-0.25, -0.2) is 0 Å². The molecule has 0 bridgehead atoms. The Morgan fingerprint density at radius 3 is 0.272 bits per heavy atom. The van der Waals surface area contributed by atoms with Gasteiger partial charge in [-0.2, -0.15) is 0 Å². The topological polar surface area (TPSA) is 0 Å². The Kier molecular flexibility index (Phi) is 183. The molecule has 0 aromatic heterocycles. The van der Waals surface area contributed by atoms with Crippen molar-refractivity contribution < 1.29 is 0 Å². The molecule has 0 nitrogen and oxygen atoms in total. The van der Waals surface area contributed by atoms with Crippen molar-refractivity contribution in [1.29, 1.82) is 0 Å². The van der Waals surface area contributed by atoms with Gasteiger partial charge in [-0.05, 0) is 69.5 Å². The molecule has 10 rings (SSSR count). The summed E-state index contributed by atoms with van der Waals surface area (Å²) in [5.41, 5.74) is 13.6. The monoisotopic (exact) mass is 1270 g/mol. The minimum absolute atomic E-state index is 1.36. The lowest BCUT2D eigenvalue weighted by atomic mass is 10.0. The van der Waals surface area contributed by atoms with Gasteiger partial charge < -0.3 is 0 Å². The highest BCUT2D eigenvalue weighted by Crippen LogP contribution is 2.44. The molecule has 0 unspecified atom stereocenters. The van der Waals surface area contributed by atoms with Crippen LogP contribution in [0.2, 0.25) is 0 Å². The molecule has 2 aliphatic carbocycles. The van der Waals surface area contributed by atoms with Crippen molar-refractivity contribution in [2.45, 2.75) is 277 Å². The fourth-order valence-electron chi connectivity index (χ4n) is 6.26. The van der Waals surface area contributed by atoms with Crippen LogP contribution in [0.1, 0.15) is 299 Å². The molecule has 0 radical (unpaired) electrons. The first kappa shape index (κ1) is 123. The average molecular weight is 1270 g/mol. The standard InChI is InChI=1S/2C15H12.4C6H6.19C2H6/c2*1-2-11-12-7-3-5-9-14(12)15-10-6-4-8-13(11)15;4*1-2-4-6-5-3-1;19*1-2/h2*2-10H,1H3;4*1-6H;19*1-2H3. The number of fused-ring (bicyclic) bond motifs is 6. The smallest absolute Gasteiger partial charge is 0.00991 e. The number of benzene rings is 8. The molecule has 92 heavy (non-hydrogen) atoms. The van der Waals surface area contributed by atoms with Crippen LogP contribution in [0.5, 0.6) is 0 Å². The van der Waals surface area contributed by atoms with Crippen LogP contribution in [-0.4, -0.2) is 0 Å². The van der Waals surface area contributed by atoms with Crippen LogP contribution < -0.4 is 0 Å². The maximum absolute atomic E-state index is 2.20. The first-order valence-corrected chi connectivity index (χ1v) is 37.5. The molecule has 0 atom stereocenters. The van der Waals surface area contributed by atoms with Crippen molar-refractivity contribution in [3.8, 4) is 22.3 Å². The summed E-state index contributed by atoms with van der Waals surface area (Å²) >= 11 is 0. The summed E-state index contributed by atoms with van der Waals surface area (Å²) < 4.78 is 0. The highest BCUT2D eigenvalue weighted by molar-refractivity contribution is 6.01. The van der Waals surface area contributed by atoms with Gasteiger partial charge in [0.1, 0.15) is 0 Å². The third-order valence-corrected chi connectivity index (χ3v) is 8.69. The highest BCUT2D eigenvalue weighted by Gasteiger charge is 2.22. The molecular weight excluding hydrogens is 1110 g/mol. The van der Waals surface area contributed by atoms with Crippen LogP contribution in [0.3, 0.4) is 0 Å². The molecule has 0 fully saturated rings. The van der Waals surface area contributed by atoms with Crippen LogP contribution >= 0.6 is 0 Å². The Hall–Kier alpha value is -6.76. The van der Waals surface area contributed by atoms with Gasteiger partial charge in [0.25, 0.3) is 0 Å². The Morgan fingerprint density at radius 1 is 0.120 bits per heavy atom. The summed E-state index contributed by atoms with van der Waals surface area (Å²) in [4.78, 5) is 0. The normalized spacial score (nSPS) is 7.30. The second-order valence-corrected chi connectivity index (χ2v) is 12.2. The lowest BCUT2D eigenvalue weighted by molar-refractivity contribution is 1.50. The van der Waals surface area contributed by atoms with Gasteiger partial charge in [0.15, 0.2) is 0 Å². The number of hydrogen-bond acceptors (Lipinski definition) is 0. The van der Waals surface area contributed by atoms with Crippen LogP contribution in [-0.2, 0) is 0 Å². The van der Waals surface area contributed by atoms with Gasteiger partial charge in [0, 0.05) is 0 Å². The van der Waals surface area contributed by atoms with Gasteiger partial charge >= 0.3 is 0 Å². The zero-order valence-electron chi connectivity index (χ0n) is 69.2. The number of hydrogen-bond donors (Lipinski definition) is 0. The van der Waals surface area contributed by atoms with E-state index in [2.05, 4.69) is 123 Å². The molecule has 0 heterocycles. The van der Waals surface area contributed by atoms with Crippen molar-refractivity contribution in [1.82, 2.24) is 0 Å². The maximum atomic E-state index is 2.20. The molecule has 0 saturated heterocycles. The summed E-state index contributed by atoms with van der Waals surface area (Å²) in [6, 6.07) is 82.4. The lowest BCUT2D eigenvalue weighted by Crippen LogP contribution is -1.78. The van der Waals surface area contributed by atoms with Gasteiger partial charge in [-0.1, -0.05) is 518 Å². The summed E-state index contributed by atoms with van der Waals surface area (Å²) in [6.07, 6.45) is 4.40. The van der Waals surface area contributed by atoms with Crippen molar-refractivity contribution in [3.05, 3.63) is 277 Å². The van der Waals surface area contributed by atoms with E-state index in [1.54, 1.807) is 0 Å². The van der Waals surface area contributed by atoms with Crippen molar-refractivity contribution in [3.63, 3.8) is 0 Å². The molecule has 2 aliphatic rings. The van der Waals surface area contributed by atoms with Crippen molar-refractivity contribution in [2.24, 2.45) is 0 Å². The second kappa shape index (κ2) is 137. The van der Waals surface area contributed by atoms with Crippen LogP contribution in [0.15, 0.2) is 255 Å². The maximum Gasteiger partial charge on any atom is -0.00991 e. The Labute approximate surface area is 584 Å². The first-order chi connectivity index (χ1) is 45.8. The molecule has 8 aromatic rings. The van der Waals surface area contributed by atoms with Crippen LogP contribution in [0.25, 0.3) is 33.4 Å². The fourth-order valence-corrected chi connectivity index (χ4v) is 6.26. The van der Waals surface area contributed by atoms with Gasteiger partial charge in [-0.3, -0.25) is 0 Å². The Bertz CT molecular complexity index is 1830. The summed E-state index contributed by atoms with van der Waals surface area (Å²) in [7, 11) is 0. The Morgan fingerprint density at radius 2 is 0.196 bits per heavy atom. The lowest BCUT2D eigenvalue weighted by Gasteiger charge is -1.99. The predicted octanol–water partition coefficient (Wildman–Crippen LogP) is 34.5. The molecule has 0 saturated carbocycles. The molecule has 0 spiro atoms. The van der Waals surface area contributed by atoms with E-state index in [-0.39, 0.29) is 0 Å². The summed E-state index contributed by atoms with van der Waals surface area (Å²) in [5, 5.41) is 0. The Balaban J connectivity index is -0.0000000552. The van der Waals surface area contributed by atoms with E-state index in [0.717, 1.165) is 0 Å². The average Bonchev–Trinajstić information content (AvgIpc) is 1.65. The minimum atomic E-state index is 1.36. The number of allylic oxidation sites excluding steroid dienone is 2. The first-order valence-electron chi connectivity index (χ1n) is 37.5. The molecule has 530 valence electrons. The molecule has 0 amide bonds. The van der Waals surface area contributed by atoms with E-state index in [1.807, 2.05) is 409 Å². The van der Waals surface area contributed by atoms with Crippen LogP contribution in [0, 0.1) is 0 Å². The summed E-state index contributed by atoms with van der Waals surface area (Å²) in [5.74, 6) is 0. The highest BCUT2D eigenvalue weighted by atomic mass is 14.2. The van der Waals surface area contributed by atoms with E-state index >= 15 is 0 Å². The van der Waals surface area contributed by atoms with Crippen molar-refractivity contribution in [2.75, 3.05) is 0 Å². The van der Waals surface area contributed by atoms with Crippen molar-refractivity contribution >= 4 is 11.1 Å². The third kappa shape index (κ3) is 70.7. The van der Waals surface area contributed by atoms with Gasteiger partial charge in [-0.15, -0.1) is 0 Å². The molecule has 0 N–H and O–H groups in total. The molecule has 0 aliphatic heterocycles. The largest absolute Gasteiger partial charge is 0.0791 e. The van der Waals surface area contributed by atoms with Crippen LogP contribution in [0.4, 0.5) is 0 Å². The predicted molar refractivity (Wildman–Crippen MR) is 451 cm³/mol. The van der Waals surface area contributed by atoms with E-state index in [9.17, 15) is 0 Å². The minimum Gasteiger partial charge on any atom is -0.0791 e. The van der Waals surface area contributed by atoms with E-state index in [0.29, 0.717) is 0 Å². The summed E-state index contributed by atoms with van der Waals surface area (Å²) in [6.45, 7) is 80.2.